The van der Waals surface area contributed by atoms with E-state index in [0.717, 1.165) is 15.8 Å². The topological polar surface area (TPSA) is 36.0 Å². The molecule has 1 aromatic rings. The second-order valence-electron chi connectivity index (χ2n) is 2.49. The summed E-state index contributed by atoms with van der Waals surface area (Å²) in [5, 5.41) is 8.64. The lowest BCUT2D eigenvalue weighted by Crippen LogP contribution is -1.92. The van der Waals surface area contributed by atoms with Gasteiger partial charge >= 0.3 is 0 Å². The Labute approximate surface area is 70.9 Å². The molecule has 0 fully saturated rings. The fraction of sp³-hybridized carbons (Fsp3) is 0.375. The van der Waals surface area contributed by atoms with E-state index in [9.17, 15) is 0 Å². The number of aromatic amines is 1. The molecule has 2 N–H and O–H groups in total. The van der Waals surface area contributed by atoms with Gasteiger partial charge in [0.2, 0.25) is 0 Å². The van der Waals surface area contributed by atoms with E-state index >= 15 is 0 Å². The van der Waals surface area contributed by atoms with Crippen molar-refractivity contribution in [1.82, 2.24) is 4.98 Å². The van der Waals surface area contributed by atoms with Gasteiger partial charge in [-0.3, -0.25) is 0 Å². The number of aliphatic hydroxyl groups excluding tert-OH is 1. The molecule has 1 aromatic heterocycles. The number of nitrogens with one attached hydrogen (secondary N) is 1. The first kappa shape index (κ1) is 8.43. The normalized spacial score (nSPS) is 10.0. The van der Waals surface area contributed by atoms with E-state index in [0.29, 0.717) is 6.42 Å². The first-order chi connectivity index (χ1) is 5.24. The van der Waals surface area contributed by atoms with Crippen LogP contribution in [0.4, 0.5) is 0 Å². The van der Waals surface area contributed by atoms with Crippen LogP contribution in [0.15, 0.2) is 12.3 Å². The van der Waals surface area contributed by atoms with Gasteiger partial charge in [-0.15, -0.1) is 0 Å². The van der Waals surface area contributed by atoms with Gasteiger partial charge in [-0.25, -0.2) is 0 Å². The molecular weight excluding hydrogens is 158 g/mol. The summed E-state index contributed by atoms with van der Waals surface area (Å²) in [7, 11) is 0. The number of H-pyrrole nitrogens is 1. The predicted octanol–water partition coefficient (Wildman–Crippen LogP) is 1.59. The summed E-state index contributed by atoms with van der Waals surface area (Å²) in [6.45, 7) is 2.14. The van der Waals surface area contributed by atoms with Crippen LogP contribution < -0.4 is 0 Å². The highest BCUT2D eigenvalue weighted by Gasteiger charge is 1.92. The zero-order chi connectivity index (χ0) is 8.27. The van der Waals surface area contributed by atoms with Crippen LogP contribution in [0, 0.1) is 11.6 Å². The third-order valence-electron chi connectivity index (χ3n) is 1.55. The fourth-order valence-corrected chi connectivity index (χ4v) is 1.05. The highest BCUT2D eigenvalue weighted by Crippen LogP contribution is 2.03. The van der Waals surface area contributed by atoms with Gasteiger partial charge in [0.1, 0.15) is 4.64 Å². The molecule has 0 saturated carbocycles. The molecule has 1 heterocycles. The summed E-state index contributed by atoms with van der Waals surface area (Å²) >= 11 is 4.98. The molecule has 0 radical (unpaired) electrons. The average Bonchev–Trinajstić information content (AvgIpc) is 1.98. The Hall–Kier alpha value is -0.670. The maximum Gasteiger partial charge on any atom is 0.106 e. The number of aryl methyl sites for hydroxylation is 1. The summed E-state index contributed by atoms with van der Waals surface area (Å²) in [5.41, 5.74) is 2.16. The van der Waals surface area contributed by atoms with Crippen LogP contribution in [0.1, 0.15) is 11.1 Å². The van der Waals surface area contributed by atoms with Crippen LogP contribution in [0.3, 0.4) is 0 Å². The smallest absolute Gasteiger partial charge is 0.106 e. The van der Waals surface area contributed by atoms with Crippen molar-refractivity contribution in [2.24, 2.45) is 0 Å². The van der Waals surface area contributed by atoms with Gasteiger partial charge in [0.25, 0.3) is 0 Å². The number of rotatable bonds is 2. The third kappa shape index (κ3) is 2.13. The Morgan fingerprint density at radius 1 is 1.64 bits per heavy atom. The van der Waals surface area contributed by atoms with Crippen molar-refractivity contribution in [2.45, 2.75) is 13.3 Å². The Morgan fingerprint density at radius 3 is 2.91 bits per heavy atom. The Kier molecular flexibility index (Phi) is 2.79. The zero-order valence-corrected chi connectivity index (χ0v) is 7.24. The Bertz CT molecular complexity index is 292. The molecule has 0 amide bonds. The minimum Gasteiger partial charge on any atom is -0.396 e. The maximum atomic E-state index is 8.64. The molecule has 60 valence electrons. The largest absolute Gasteiger partial charge is 0.396 e. The third-order valence-corrected chi connectivity index (χ3v) is 1.99. The van der Waals surface area contributed by atoms with Gasteiger partial charge < -0.3 is 10.1 Å². The molecule has 0 aliphatic heterocycles. The van der Waals surface area contributed by atoms with Crippen molar-refractivity contribution >= 4 is 12.2 Å². The van der Waals surface area contributed by atoms with Crippen molar-refractivity contribution in [3.8, 4) is 0 Å². The molecule has 0 aliphatic carbocycles. The van der Waals surface area contributed by atoms with Crippen molar-refractivity contribution in [3.63, 3.8) is 0 Å². The van der Waals surface area contributed by atoms with E-state index < -0.39 is 0 Å². The molecule has 0 atom stereocenters. The highest BCUT2D eigenvalue weighted by atomic mass is 32.1. The average molecular weight is 169 g/mol. The minimum absolute atomic E-state index is 0.185. The number of aromatic nitrogens is 1. The van der Waals surface area contributed by atoms with Crippen LogP contribution in [0.25, 0.3) is 0 Å². The molecule has 0 unspecified atom stereocenters. The van der Waals surface area contributed by atoms with Gasteiger partial charge in [0.15, 0.2) is 0 Å². The predicted molar refractivity (Wildman–Crippen MR) is 47.2 cm³/mol. The Balaban J connectivity index is 2.96. The first-order valence-corrected chi connectivity index (χ1v) is 3.94. The maximum absolute atomic E-state index is 8.64. The van der Waals surface area contributed by atoms with Crippen LogP contribution >= 0.6 is 12.2 Å². The van der Waals surface area contributed by atoms with Gasteiger partial charge in [-0.1, -0.05) is 18.3 Å². The highest BCUT2D eigenvalue weighted by molar-refractivity contribution is 7.71. The number of hydrogen-bond acceptors (Lipinski definition) is 2. The number of hydrogen-bond donors (Lipinski definition) is 2. The van der Waals surface area contributed by atoms with E-state index in [-0.39, 0.29) is 6.61 Å². The summed E-state index contributed by atoms with van der Waals surface area (Å²) in [6.07, 6.45) is 2.53. The molecule has 0 aliphatic rings. The summed E-state index contributed by atoms with van der Waals surface area (Å²) < 4.78 is 0.770. The Morgan fingerprint density at radius 2 is 2.36 bits per heavy atom. The van der Waals surface area contributed by atoms with Crippen molar-refractivity contribution < 1.29 is 5.11 Å². The minimum atomic E-state index is 0.185. The van der Waals surface area contributed by atoms with Crippen LogP contribution in [0.2, 0.25) is 0 Å². The summed E-state index contributed by atoms with van der Waals surface area (Å²) in [5.74, 6) is 0. The molecule has 0 saturated heterocycles. The van der Waals surface area contributed by atoms with E-state index in [4.69, 9.17) is 17.3 Å². The van der Waals surface area contributed by atoms with Gasteiger partial charge in [0, 0.05) is 12.8 Å². The number of pyridine rings is 1. The summed E-state index contributed by atoms with van der Waals surface area (Å²) in [4.78, 5) is 2.96. The van der Waals surface area contributed by atoms with Crippen LogP contribution in [-0.4, -0.2) is 16.7 Å². The second-order valence-corrected chi connectivity index (χ2v) is 2.90. The van der Waals surface area contributed by atoms with E-state index in [2.05, 4.69) is 4.98 Å². The fourth-order valence-electron chi connectivity index (χ4n) is 0.931. The molecule has 1 rings (SSSR count). The van der Waals surface area contributed by atoms with Crippen molar-refractivity contribution in [3.05, 3.63) is 28.0 Å². The first-order valence-electron chi connectivity index (χ1n) is 3.53. The zero-order valence-electron chi connectivity index (χ0n) is 6.42. The lowest BCUT2D eigenvalue weighted by Gasteiger charge is -1.99. The van der Waals surface area contributed by atoms with Gasteiger partial charge in [-0.05, 0) is 24.5 Å². The van der Waals surface area contributed by atoms with Crippen molar-refractivity contribution in [1.29, 1.82) is 0 Å². The number of aliphatic hydroxyl groups is 1. The van der Waals surface area contributed by atoms with Crippen LogP contribution in [0.5, 0.6) is 0 Å². The standard InChI is InChI=1S/C8H11NOS/c1-6-4-7(2-3-10)5-9-8(6)11/h4-5,10H,2-3H2,1H3,(H,9,11). The van der Waals surface area contributed by atoms with E-state index in [1.807, 2.05) is 19.2 Å². The lowest BCUT2D eigenvalue weighted by molar-refractivity contribution is 0.299. The van der Waals surface area contributed by atoms with Gasteiger partial charge in [0.05, 0.1) is 0 Å². The van der Waals surface area contributed by atoms with E-state index in [1.165, 1.54) is 0 Å². The molecular formula is C8H11NOS. The van der Waals surface area contributed by atoms with Crippen molar-refractivity contribution in [2.75, 3.05) is 6.61 Å². The molecule has 0 aromatic carbocycles. The van der Waals surface area contributed by atoms with Crippen LogP contribution in [-0.2, 0) is 6.42 Å². The lowest BCUT2D eigenvalue weighted by atomic mass is 10.2. The molecule has 11 heavy (non-hydrogen) atoms. The van der Waals surface area contributed by atoms with E-state index in [1.54, 1.807) is 0 Å². The summed E-state index contributed by atoms with van der Waals surface area (Å²) in [6, 6.07) is 2.00. The molecule has 0 bridgehead atoms. The molecule has 0 spiro atoms. The monoisotopic (exact) mass is 169 g/mol. The quantitative estimate of drug-likeness (QED) is 0.659. The molecule has 3 heteroatoms. The molecule has 2 nitrogen and oxygen atoms in total. The second kappa shape index (κ2) is 3.64. The SMILES string of the molecule is Cc1cc(CCO)c[nH]c1=S. The van der Waals surface area contributed by atoms with Gasteiger partial charge in [-0.2, -0.15) is 0 Å².